The summed E-state index contributed by atoms with van der Waals surface area (Å²) >= 11 is 0. The Morgan fingerprint density at radius 2 is 1.55 bits per heavy atom. The van der Waals surface area contributed by atoms with Gasteiger partial charge in [0.15, 0.2) is 0 Å². The zero-order valence-electron chi connectivity index (χ0n) is 7.41. The predicted octanol–water partition coefficient (Wildman–Crippen LogP) is 4.70. The van der Waals surface area contributed by atoms with Crippen molar-refractivity contribution < 1.29 is 0 Å². The molecule has 0 atom stereocenters. The summed E-state index contributed by atoms with van der Waals surface area (Å²) in [6.07, 6.45) is 8.40. The van der Waals surface area contributed by atoms with Crippen molar-refractivity contribution in [3.63, 3.8) is 0 Å². The Balaban J connectivity index is 3.02. The third-order valence-corrected chi connectivity index (χ3v) is 3.54. The van der Waals surface area contributed by atoms with Gasteiger partial charge in [0.1, 0.15) is 0 Å². The molecule has 0 spiro atoms. The molecule has 0 saturated heterocycles. The standard InChI is InChI=1S/C8H18Cl2S/c1-3-4-5-6-7-8-11(2,9)10/h3-8H2,1-2H3. The molecule has 0 aromatic heterocycles. The molecule has 0 bridgehead atoms. The van der Waals surface area contributed by atoms with Crippen LogP contribution >= 0.6 is 29.8 Å². The highest BCUT2D eigenvalue weighted by Crippen LogP contribution is 2.55. The summed E-state index contributed by atoms with van der Waals surface area (Å²) < 4.78 is 0. The Morgan fingerprint density at radius 3 is 2.00 bits per heavy atom. The number of unbranched alkanes of at least 4 members (excludes halogenated alkanes) is 4. The SMILES string of the molecule is CCCCCCCS(C)(Cl)Cl. The maximum absolute atomic E-state index is 5.89. The first kappa shape index (κ1) is 11.9. The quantitative estimate of drug-likeness (QED) is 0.566. The van der Waals surface area contributed by atoms with Crippen LogP contribution in [-0.4, -0.2) is 12.0 Å². The molecule has 0 aromatic carbocycles. The minimum atomic E-state index is -1.27. The lowest BCUT2D eigenvalue weighted by atomic mass is 10.2. The first-order valence-electron chi connectivity index (χ1n) is 4.21. The molecule has 0 aliphatic carbocycles. The number of hydrogen-bond donors (Lipinski definition) is 0. The first-order chi connectivity index (χ1) is 5.06. The van der Waals surface area contributed by atoms with Crippen molar-refractivity contribution in [2.24, 2.45) is 0 Å². The molecule has 0 rings (SSSR count). The van der Waals surface area contributed by atoms with Crippen molar-refractivity contribution in [1.29, 1.82) is 0 Å². The summed E-state index contributed by atoms with van der Waals surface area (Å²) in [7, 11) is 10.5. The lowest BCUT2D eigenvalue weighted by Gasteiger charge is -2.17. The summed E-state index contributed by atoms with van der Waals surface area (Å²) in [5.41, 5.74) is 0. The molecule has 70 valence electrons. The lowest BCUT2D eigenvalue weighted by Crippen LogP contribution is -1.88. The van der Waals surface area contributed by atoms with E-state index in [4.69, 9.17) is 21.4 Å². The summed E-state index contributed by atoms with van der Waals surface area (Å²) in [5, 5.41) is 0. The fourth-order valence-corrected chi connectivity index (χ4v) is 2.32. The van der Waals surface area contributed by atoms with Crippen LogP contribution in [0.2, 0.25) is 0 Å². The van der Waals surface area contributed by atoms with Crippen LogP contribution in [0.4, 0.5) is 0 Å². The van der Waals surface area contributed by atoms with Crippen LogP contribution in [-0.2, 0) is 0 Å². The van der Waals surface area contributed by atoms with Crippen LogP contribution in [0.25, 0.3) is 0 Å². The lowest BCUT2D eigenvalue weighted by molar-refractivity contribution is 0.659. The van der Waals surface area contributed by atoms with Crippen LogP contribution < -0.4 is 0 Å². The van der Waals surface area contributed by atoms with E-state index in [1.54, 1.807) is 0 Å². The van der Waals surface area contributed by atoms with E-state index in [-0.39, 0.29) is 0 Å². The van der Waals surface area contributed by atoms with Gasteiger partial charge in [-0.05, 0) is 12.7 Å². The van der Waals surface area contributed by atoms with E-state index in [0.29, 0.717) is 0 Å². The Kier molecular flexibility index (Phi) is 6.99. The molecule has 0 fully saturated rings. The molecular formula is C8H18Cl2S. The van der Waals surface area contributed by atoms with E-state index in [1.807, 2.05) is 6.26 Å². The summed E-state index contributed by atoms with van der Waals surface area (Å²) in [6, 6.07) is 0. The van der Waals surface area contributed by atoms with E-state index >= 15 is 0 Å². The van der Waals surface area contributed by atoms with Crippen molar-refractivity contribution in [3.05, 3.63) is 0 Å². The molecular weight excluding hydrogens is 199 g/mol. The predicted molar refractivity (Wildman–Crippen MR) is 58.8 cm³/mol. The summed E-state index contributed by atoms with van der Waals surface area (Å²) in [5.74, 6) is 1.000. The number of rotatable bonds is 6. The zero-order chi connectivity index (χ0) is 8.74. The van der Waals surface area contributed by atoms with Gasteiger partial charge in [-0.15, -0.1) is 0 Å². The highest BCUT2D eigenvalue weighted by molar-refractivity contribution is 8.65. The van der Waals surface area contributed by atoms with Crippen molar-refractivity contribution in [2.75, 3.05) is 12.0 Å². The van der Waals surface area contributed by atoms with Gasteiger partial charge in [-0.3, -0.25) is 0 Å². The minimum Gasteiger partial charge on any atom is -0.0873 e. The zero-order valence-corrected chi connectivity index (χ0v) is 9.74. The Labute approximate surface area is 81.0 Å². The molecule has 0 aliphatic rings. The summed E-state index contributed by atoms with van der Waals surface area (Å²) in [6.45, 7) is 2.22. The second-order valence-electron chi connectivity index (χ2n) is 2.99. The maximum atomic E-state index is 5.89. The van der Waals surface area contributed by atoms with Gasteiger partial charge < -0.3 is 0 Å². The summed E-state index contributed by atoms with van der Waals surface area (Å²) in [4.78, 5) is 0. The molecule has 0 heterocycles. The van der Waals surface area contributed by atoms with Gasteiger partial charge in [0.05, 0.1) is 0 Å². The molecule has 0 aliphatic heterocycles. The second kappa shape index (κ2) is 6.45. The van der Waals surface area contributed by atoms with Crippen molar-refractivity contribution in [3.8, 4) is 0 Å². The van der Waals surface area contributed by atoms with E-state index in [0.717, 1.165) is 5.75 Å². The molecule has 0 saturated carbocycles. The van der Waals surface area contributed by atoms with Gasteiger partial charge in [-0.25, -0.2) is 0 Å². The average Bonchev–Trinajstić information content (AvgIpc) is 1.85. The van der Waals surface area contributed by atoms with E-state index in [9.17, 15) is 0 Å². The van der Waals surface area contributed by atoms with Gasteiger partial charge in [0.25, 0.3) is 0 Å². The monoisotopic (exact) mass is 216 g/mol. The normalized spacial score (nSPS) is 13.5. The van der Waals surface area contributed by atoms with Crippen LogP contribution in [0.5, 0.6) is 0 Å². The topological polar surface area (TPSA) is 0 Å². The third-order valence-electron chi connectivity index (χ3n) is 1.61. The molecule has 0 radical (unpaired) electrons. The van der Waals surface area contributed by atoms with Crippen LogP contribution in [0.3, 0.4) is 0 Å². The van der Waals surface area contributed by atoms with E-state index in [1.165, 1.54) is 32.1 Å². The number of hydrogen-bond acceptors (Lipinski definition) is 0. The third kappa shape index (κ3) is 10.9. The van der Waals surface area contributed by atoms with Gasteiger partial charge in [0.2, 0.25) is 0 Å². The molecule has 0 aromatic rings. The molecule has 3 heteroatoms. The minimum absolute atomic E-state index is 1.000. The fourth-order valence-electron chi connectivity index (χ4n) is 0.959. The van der Waals surface area contributed by atoms with Crippen molar-refractivity contribution in [2.45, 2.75) is 39.0 Å². The van der Waals surface area contributed by atoms with Crippen LogP contribution in [0, 0.1) is 0 Å². The Hall–Kier alpha value is 0.930. The highest BCUT2D eigenvalue weighted by Gasteiger charge is 2.07. The van der Waals surface area contributed by atoms with Crippen molar-refractivity contribution in [1.82, 2.24) is 0 Å². The van der Waals surface area contributed by atoms with Crippen molar-refractivity contribution >= 4 is 29.8 Å². The molecule has 0 nitrogen and oxygen atoms in total. The van der Waals surface area contributed by atoms with E-state index in [2.05, 4.69) is 6.92 Å². The highest BCUT2D eigenvalue weighted by atomic mass is 36.0. The molecule has 0 N–H and O–H groups in total. The molecule has 11 heavy (non-hydrogen) atoms. The average molecular weight is 217 g/mol. The second-order valence-corrected chi connectivity index (χ2v) is 9.71. The van der Waals surface area contributed by atoms with E-state index < -0.39 is 8.46 Å². The number of halogens is 2. The Bertz CT molecular complexity index is 88.6. The molecule has 0 amide bonds. The first-order valence-corrected chi connectivity index (χ1v) is 8.08. The van der Waals surface area contributed by atoms with Gasteiger partial charge in [0, 0.05) is 5.75 Å². The van der Waals surface area contributed by atoms with Crippen LogP contribution in [0.1, 0.15) is 39.0 Å². The van der Waals surface area contributed by atoms with Gasteiger partial charge in [-0.2, -0.15) is 0 Å². The van der Waals surface area contributed by atoms with Crippen LogP contribution in [0.15, 0.2) is 0 Å². The van der Waals surface area contributed by atoms with Gasteiger partial charge >= 0.3 is 0 Å². The maximum Gasteiger partial charge on any atom is 0.00275 e. The molecule has 0 unspecified atom stereocenters. The largest absolute Gasteiger partial charge is 0.0873 e. The smallest absolute Gasteiger partial charge is 0.00275 e. The van der Waals surface area contributed by atoms with Gasteiger partial charge in [-0.1, -0.05) is 62.4 Å². The Morgan fingerprint density at radius 1 is 1.00 bits per heavy atom. The fraction of sp³-hybridized carbons (Fsp3) is 1.00.